The maximum atomic E-state index is 12.7. The molecule has 24 heavy (non-hydrogen) atoms. The summed E-state index contributed by atoms with van der Waals surface area (Å²) in [6, 6.07) is 4.79. The topological polar surface area (TPSA) is 59.4 Å². The van der Waals surface area contributed by atoms with Crippen molar-refractivity contribution in [3.8, 4) is 17.0 Å². The Hall–Kier alpha value is -2.78. The zero-order valence-electron chi connectivity index (χ0n) is 11.4. The summed E-state index contributed by atoms with van der Waals surface area (Å²) in [5, 5.41) is 8.90. The first-order valence-electron chi connectivity index (χ1n) is 6.14. The summed E-state index contributed by atoms with van der Waals surface area (Å²) in [7, 11) is 0. The molecule has 0 atom stereocenters. The van der Waals surface area contributed by atoms with Gasteiger partial charge in [-0.3, -0.25) is 4.98 Å². The van der Waals surface area contributed by atoms with E-state index >= 15 is 0 Å². The molecule has 128 valence electrons. The SMILES string of the molecule is O=C(O)c1cc(-c2ccc(OC(F)(F)F)cc2)ncc1C(F)(F)F. The minimum Gasteiger partial charge on any atom is -0.478 e. The highest BCUT2D eigenvalue weighted by Gasteiger charge is 2.36. The van der Waals surface area contributed by atoms with Crippen LogP contribution in [0.2, 0.25) is 0 Å². The average Bonchev–Trinajstić information content (AvgIpc) is 2.44. The van der Waals surface area contributed by atoms with Crippen LogP contribution in [0.5, 0.6) is 5.75 Å². The third kappa shape index (κ3) is 4.15. The molecule has 4 nitrogen and oxygen atoms in total. The fourth-order valence-corrected chi connectivity index (χ4v) is 1.84. The van der Waals surface area contributed by atoms with Crippen molar-refractivity contribution >= 4 is 5.97 Å². The molecule has 10 heteroatoms. The Balaban J connectivity index is 2.39. The van der Waals surface area contributed by atoms with Gasteiger partial charge in [-0.05, 0) is 30.3 Å². The van der Waals surface area contributed by atoms with Crippen molar-refractivity contribution in [1.82, 2.24) is 4.98 Å². The predicted octanol–water partition coefficient (Wildman–Crippen LogP) is 4.36. The van der Waals surface area contributed by atoms with Gasteiger partial charge in [-0.15, -0.1) is 13.2 Å². The zero-order valence-corrected chi connectivity index (χ0v) is 11.4. The normalized spacial score (nSPS) is 12.1. The average molecular weight is 351 g/mol. The third-order valence-corrected chi connectivity index (χ3v) is 2.82. The Kier molecular flexibility index (Phi) is 4.41. The van der Waals surface area contributed by atoms with E-state index in [-0.39, 0.29) is 11.3 Å². The number of carboxylic acids is 1. The molecule has 0 aliphatic rings. The summed E-state index contributed by atoms with van der Waals surface area (Å²) in [5.41, 5.74) is -2.45. The number of halogens is 6. The number of benzene rings is 1. The highest BCUT2D eigenvalue weighted by atomic mass is 19.4. The van der Waals surface area contributed by atoms with E-state index < -0.39 is 35.4 Å². The molecule has 2 rings (SSSR count). The highest BCUT2D eigenvalue weighted by molar-refractivity contribution is 5.90. The van der Waals surface area contributed by atoms with Gasteiger partial charge in [-0.25, -0.2) is 4.79 Å². The standard InChI is InChI=1S/C14H7F6NO3/c15-13(16,17)10-6-21-11(5-9(10)12(22)23)7-1-3-8(4-2-7)24-14(18,19)20/h1-6H,(H,22,23). The van der Waals surface area contributed by atoms with Gasteiger partial charge in [0.2, 0.25) is 0 Å². The number of nitrogens with zero attached hydrogens (tertiary/aromatic N) is 1. The van der Waals surface area contributed by atoms with E-state index in [0.29, 0.717) is 12.3 Å². The van der Waals surface area contributed by atoms with Crippen LogP contribution < -0.4 is 4.74 Å². The van der Waals surface area contributed by atoms with Gasteiger partial charge in [0.1, 0.15) is 5.75 Å². The van der Waals surface area contributed by atoms with E-state index in [1.165, 1.54) is 0 Å². The predicted molar refractivity (Wildman–Crippen MR) is 68.3 cm³/mol. The summed E-state index contributed by atoms with van der Waals surface area (Å²) in [6.07, 6.45) is -9.42. The number of aromatic nitrogens is 1. The zero-order chi connectivity index (χ0) is 18.1. The van der Waals surface area contributed by atoms with Crippen LogP contribution in [-0.2, 0) is 6.18 Å². The Labute approximate surface area is 130 Å². The Morgan fingerprint density at radius 3 is 2.08 bits per heavy atom. The summed E-state index contributed by atoms with van der Waals surface area (Å²) in [5.74, 6) is -2.33. The van der Waals surface area contributed by atoms with Gasteiger partial charge in [0.05, 0.1) is 16.8 Å². The molecule has 1 aromatic carbocycles. The molecule has 0 aliphatic heterocycles. The number of aromatic carboxylic acids is 1. The van der Waals surface area contributed by atoms with Crippen LogP contribution in [0.15, 0.2) is 36.5 Å². The number of rotatable bonds is 3. The summed E-state index contributed by atoms with van der Waals surface area (Å²) < 4.78 is 78.0. The number of hydrogen-bond donors (Lipinski definition) is 1. The van der Waals surface area contributed by atoms with Crippen LogP contribution in [0.25, 0.3) is 11.3 Å². The molecular weight excluding hydrogens is 344 g/mol. The largest absolute Gasteiger partial charge is 0.573 e. The quantitative estimate of drug-likeness (QED) is 0.835. The first-order valence-corrected chi connectivity index (χ1v) is 6.14. The van der Waals surface area contributed by atoms with Gasteiger partial charge in [0.15, 0.2) is 0 Å². The molecule has 0 saturated heterocycles. The Bertz CT molecular complexity index is 753. The second-order valence-electron chi connectivity index (χ2n) is 4.49. The van der Waals surface area contributed by atoms with Crippen LogP contribution in [0.3, 0.4) is 0 Å². The second-order valence-corrected chi connectivity index (χ2v) is 4.49. The number of carboxylic acid groups (broad SMARTS) is 1. The van der Waals surface area contributed by atoms with Gasteiger partial charge in [-0.1, -0.05) is 0 Å². The number of carbonyl (C=O) groups is 1. The van der Waals surface area contributed by atoms with Crippen LogP contribution in [-0.4, -0.2) is 22.4 Å². The van der Waals surface area contributed by atoms with Gasteiger partial charge in [-0.2, -0.15) is 13.2 Å². The Morgan fingerprint density at radius 2 is 1.62 bits per heavy atom. The van der Waals surface area contributed by atoms with Crippen LogP contribution >= 0.6 is 0 Å². The molecule has 0 aliphatic carbocycles. The van der Waals surface area contributed by atoms with Gasteiger partial charge in [0.25, 0.3) is 0 Å². The maximum Gasteiger partial charge on any atom is 0.573 e. The minimum absolute atomic E-state index is 0.126. The summed E-state index contributed by atoms with van der Waals surface area (Å²) in [6.45, 7) is 0. The lowest BCUT2D eigenvalue weighted by atomic mass is 10.0. The van der Waals surface area contributed by atoms with Gasteiger partial charge < -0.3 is 9.84 Å². The molecule has 1 heterocycles. The summed E-state index contributed by atoms with van der Waals surface area (Å²) >= 11 is 0. The molecule has 1 aromatic heterocycles. The monoisotopic (exact) mass is 351 g/mol. The first kappa shape index (κ1) is 17.6. The van der Waals surface area contributed by atoms with E-state index in [4.69, 9.17) is 5.11 Å². The van der Waals surface area contributed by atoms with Crippen LogP contribution in [0.1, 0.15) is 15.9 Å². The van der Waals surface area contributed by atoms with Crippen molar-refractivity contribution in [3.05, 3.63) is 47.7 Å². The third-order valence-electron chi connectivity index (χ3n) is 2.82. The smallest absolute Gasteiger partial charge is 0.478 e. The number of alkyl halides is 6. The number of ether oxygens (including phenoxy) is 1. The van der Waals surface area contributed by atoms with Crippen molar-refractivity contribution in [2.45, 2.75) is 12.5 Å². The molecule has 0 amide bonds. The molecule has 0 bridgehead atoms. The van der Waals surface area contributed by atoms with Crippen molar-refractivity contribution < 1.29 is 41.0 Å². The molecule has 2 aromatic rings. The van der Waals surface area contributed by atoms with Crippen molar-refractivity contribution in [2.75, 3.05) is 0 Å². The molecular formula is C14H7F6NO3. The lowest BCUT2D eigenvalue weighted by Crippen LogP contribution is -2.17. The van der Waals surface area contributed by atoms with Crippen molar-refractivity contribution in [2.24, 2.45) is 0 Å². The lowest BCUT2D eigenvalue weighted by Gasteiger charge is -2.12. The lowest BCUT2D eigenvalue weighted by molar-refractivity contribution is -0.274. The second kappa shape index (κ2) is 6.02. The van der Waals surface area contributed by atoms with Crippen LogP contribution in [0, 0.1) is 0 Å². The highest BCUT2D eigenvalue weighted by Crippen LogP contribution is 2.33. The van der Waals surface area contributed by atoms with E-state index in [1.54, 1.807) is 0 Å². The fraction of sp³-hybridized carbons (Fsp3) is 0.143. The molecule has 0 saturated carbocycles. The van der Waals surface area contributed by atoms with Gasteiger partial charge >= 0.3 is 18.5 Å². The molecule has 1 N–H and O–H groups in total. The fourth-order valence-electron chi connectivity index (χ4n) is 1.84. The molecule has 0 radical (unpaired) electrons. The molecule has 0 fully saturated rings. The maximum absolute atomic E-state index is 12.7. The number of pyridine rings is 1. The van der Waals surface area contributed by atoms with E-state index in [9.17, 15) is 31.1 Å². The Morgan fingerprint density at radius 1 is 1.04 bits per heavy atom. The molecule has 0 spiro atoms. The van der Waals surface area contributed by atoms with Crippen molar-refractivity contribution in [1.29, 1.82) is 0 Å². The van der Waals surface area contributed by atoms with Crippen LogP contribution in [0.4, 0.5) is 26.3 Å². The van der Waals surface area contributed by atoms with Gasteiger partial charge in [0, 0.05) is 11.8 Å². The van der Waals surface area contributed by atoms with E-state index in [0.717, 1.165) is 24.3 Å². The van der Waals surface area contributed by atoms with E-state index in [2.05, 4.69) is 9.72 Å². The van der Waals surface area contributed by atoms with E-state index in [1.807, 2.05) is 0 Å². The summed E-state index contributed by atoms with van der Waals surface area (Å²) in [4.78, 5) is 14.5. The van der Waals surface area contributed by atoms with Crippen molar-refractivity contribution in [3.63, 3.8) is 0 Å². The number of hydrogen-bond acceptors (Lipinski definition) is 3. The minimum atomic E-state index is -4.90. The molecule has 0 unspecified atom stereocenters. The first-order chi connectivity index (χ1) is 11.0.